The summed E-state index contributed by atoms with van der Waals surface area (Å²) < 4.78 is 0. The maximum atomic E-state index is 2.25. The van der Waals surface area contributed by atoms with Crippen molar-refractivity contribution in [1.29, 1.82) is 0 Å². The van der Waals surface area contributed by atoms with E-state index in [1.165, 1.54) is 67.2 Å². The lowest BCUT2D eigenvalue weighted by atomic mass is 10.1. The smallest absolute Gasteiger partial charge is 0.0279 e. The van der Waals surface area contributed by atoms with Crippen molar-refractivity contribution in [2.75, 3.05) is 0 Å². The van der Waals surface area contributed by atoms with Gasteiger partial charge in [-0.2, -0.15) is 0 Å². The molecule has 2 aromatic carbocycles. The van der Waals surface area contributed by atoms with Gasteiger partial charge in [0.05, 0.1) is 0 Å². The van der Waals surface area contributed by atoms with E-state index in [9.17, 15) is 0 Å². The van der Waals surface area contributed by atoms with E-state index in [4.69, 9.17) is 0 Å². The van der Waals surface area contributed by atoms with Gasteiger partial charge in [0.15, 0.2) is 0 Å². The quantitative estimate of drug-likeness (QED) is 0.501. The predicted molar refractivity (Wildman–Crippen MR) is 109 cm³/mol. The maximum Gasteiger partial charge on any atom is -0.0279 e. The largest absolute Gasteiger partial charge is 0.0654 e. The zero-order valence-corrected chi connectivity index (χ0v) is 16.3. The Morgan fingerprint density at radius 2 is 1.08 bits per heavy atom. The third-order valence-corrected chi connectivity index (χ3v) is 4.07. The van der Waals surface area contributed by atoms with Gasteiger partial charge in [-0.05, 0) is 44.2 Å². The van der Waals surface area contributed by atoms with Crippen LogP contribution in [0.5, 0.6) is 0 Å². The lowest BCUT2D eigenvalue weighted by Gasteiger charge is -2.00. The van der Waals surface area contributed by atoms with Crippen LogP contribution in [0.2, 0.25) is 0 Å². The molecule has 0 radical (unpaired) electrons. The van der Waals surface area contributed by atoms with E-state index >= 15 is 0 Å². The van der Waals surface area contributed by atoms with Crippen LogP contribution < -0.4 is 0 Å². The molecule has 2 aromatic rings. The van der Waals surface area contributed by atoms with Gasteiger partial charge >= 0.3 is 0 Å². The van der Waals surface area contributed by atoms with Crippen molar-refractivity contribution in [3.63, 3.8) is 0 Å². The third kappa shape index (κ3) is 11.0. The van der Waals surface area contributed by atoms with Gasteiger partial charge in [0, 0.05) is 0 Å². The third-order valence-electron chi connectivity index (χ3n) is 4.07. The summed E-state index contributed by atoms with van der Waals surface area (Å²) in [6, 6.07) is 17.5. The van der Waals surface area contributed by atoms with Crippen molar-refractivity contribution < 1.29 is 0 Å². The average molecular weight is 325 g/mol. The van der Waals surface area contributed by atoms with E-state index in [1.807, 2.05) is 0 Å². The molecule has 0 nitrogen and oxygen atoms in total. The van der Waals surface area contributed by atoms with E-state index < -0.39 is 0 Å². The summed E-state index contributed by atoms with van der Waals surface area (Å²) in [7, 11) is 0. The number of rotatable bonds is 5. The summed E-state index contributed by atoms with van der Waals surface area (Å²) in [6.07, 6.45) is 10.9. The second kappa shape index (κ2) is 12.8. The molecule has 0 heterocycles. The first-order valence-electron chi connectivity index (χ1n) is 9.76. The second-order valence-corrected chi connectivity index (χ2v) is 6.84. The SMILES string of the molecule is C1CC1.CCCCCc1ccc(C)cc1.CCc1ccc(C)cc1. The Hall–Kier alpha value is -1.56. The molecule has 1 saturated carbocycles. The Bertz CT molecular complexity index is 514. The monoisotopic (exact) mass is 324 g/mol. The molecular weight excluding hydrogens is 288 g/mol. The molecule has 1 aliphatic carbocycles. The number of hydrogen-bond donors (Lipinski definition) is 0. The van der Waals surface area contributed by atoms with Crippen molar-refractivity contribution in [1.82, 2.24) is 0 Å². The van der Waals surface area contributed by atoms with Crippen LogP contribution in [0.15, 0.2) is 48.5 Å². The van der Waals surface area contributed by atoms with Gasteiger partial charge < -0.3 is 0 Å². The molecule has 0 aromatic heterocycles. The van der Waals surface area contributed by atoms with Crippen molar-refractivity contribution >= 4 is 0 Å². The molecule has 1 aliphatic rings. The lowest BCUT2D eigenvalue weighted by molar-refractivity contribution is 0.717. The van der Waals surface area contributed by atoms with Gasteiger partial charge in [-0.15, -0.1) is 0 Å². The molecule has 0 amide bonds. The molecular formula is C24H36. The fourth-order valence-electron chi connectivity index (χ4n) is 2.16. The molecule has 0 atom stereocenters. The van der Waals surface area contributed by atoms with Crippen LogP contribution in [-0.2, 0) is 12.8 Å². The van der Waals surface area contributed by atoms with Crippen molar-refractivity contribution in [3.8, 4) is 0 Å². The maximum absolute atomic E-state index is 2.25. The Morgan fingerprint density at radius 1 is 0.625 bits per heavy atom. The van der Waals surface area contributed by atoms with Crippen LogP contribution in [0, 0.1) is 13.8 Å². The zero-order valence-electron chi connectivity index (χ0n) is 16.3. The van der Waals surface area contributed by atoms with E-state index in [2.05, 4.69) is 76.2 Å². The van der Waals surface area contributed by atoms with Crippen molar-refractivity contribution in [3.05, 3.63) is 70.8 Å². The molecule has 1 fully saturated rings. The van der Waals surface area contributed by atoms with E-state index in [0.717, 1.165) is 6.42 Å². The van der Waals surface area contributed by atoms with Crippen LogP contribution in [0.3, 0.4) is 0 Å². The molecule has 0 unspecified atom stereocenters. The molecule has 0 N–H and O–H groups in total. The summed E-state index contributed by atoms with van der Waals surface area (Å²) in [5.41, 5.74) is 5.59. The number of unbranched alkanes of at least 4 members (excludes halogenated alkanes) is 2. The molecule has 0 spiro atoms. The lowest BCUT2D eigenvalue weighted by Crippen LogP contribution is -1.84. The highest BCUT2D eigenvalue weighted by Gasteiger charge is 1.95. The average Bonchev–Trinajstić information content (AvgIpc) is 3.47. The van der Waals surface area contributed by atoms with Crippen LogP contribution in [0.1, 0.15) is 74.6 Å². The van der Waals surface area contributed by atoms with Gasteiger partial charge in [-0.25, -0.2) is 0 Å². The number of aryl methyl sites for hydroxylation is 4. The van der Waals surface area contributed by atoms with Crippen LogP contribution in [-0.4, -0.2) is 0 Å². The van der Waals surface area contributed by atoms with Gasteiger partial charge in [-0.1, -0.05) is 106 Å². The summed E-state index contributed by atoms with van der Waals surface area (Å²) in [4.78, 5) is 0. The van der Waals surface area contributed by atoms with E-state index in [0.29, 0.717) is 0 Å². The zero-order chi connectivity index (χ0) is 17.6. The Balaban J connectivity index is 0.000000209. The Labute approximate surface area is 150 Å². The normalized spacial score (nSPS) is 11.7. The molecule has 0 aliphatic heterocycles. The minimum atomic E-state index is 1.14. The minimum Gasteiger partial charge on any atom is -0.0654 e. The van der Waals surface area contributed by atoms with Crippen LogP contribution in [0.25, 0.3) is 0 Å². The van der Waals surface area contributed by atoms with Gasteiger partial charge in [0.1, 0.15) is 0 Å². The number of hydrogen-bond acceptors (Lipinski definition) is 0. The number of benzene rings is 2. The fraction of sp³-hybridized carbons (Fsp3) is 0.500. The molecule has 0 heteroatoms. The van der Waals surface area contributed by atoms with Gasteiger partial charge in [0.25, 0.3) is 0 Å². The highest BCUT2D eigenvalue weighted by atomic mass is 14.0. The van der Waals surface area contributed by atoms with Crippen LogP contribution in [0.4, 0.5) is 0 Å². The van der Waals surface area contributed by atoms with Crippen molar-refractivity contribution in [2.24, 2.45) is 0 Å². The Morgan fingerprint density at radius 3 is 1.46 bits per heavy atom. The van der Waals surface area contributed by atoms with Crippen LogP contribution >= 0.6 is 0 Å². The summed E-state index contributed by atoms with van der Waals surface area (Å²) in [5, 5.41) is 0. The fourth-order valence-corrected chi connectivity index (χ4v) is 2.16. The molecule has 0 bridgehead atoms. The molecule has 3 rings (SSSR count). The van der Waals surface area contributed by atoms with Gasteiger partial charge in [-0.3, -0.25) is 0 Å². The highest BCUT2D eigenvalue weighted by Crippen LogP contribution is 2.14. The minimum absolute atomic E-state index is 1.14. The molecule has 132 valence electrons. The Kier molecular flexibility index (Phi) is 10.9. The second-order valence-electron chi connectivity index (χ2n) is 6.84. The first kappa shape index (κ1) is 20.5. The standard InChI is InChI=1S/C12H18.C9H12.C3H6/c1-3-4-5-6-12-9-7-11(2)8-10-12;1-3-9-6-4-8(2)5-7-9;1-2-3-1/h7-10H,3-6H2,1-2H3;4-7H,3H2,1-2H3;1-3H2. The summed E-state index contributed by atoms with van der Waals surface area (Å²) in [5.74, 6) is 0. The summed E-state index contributed by atoms with van der Waals surface area (Å²) >= 11 is 0. The van der Waals surface area contributed by atoms with Crippen molar-refractivity contribution in [2.45, 2.75) is 79.1 Å². The van der Waals surface area contributed by atoms with E-state index in [-0.39, 0.29) is 0 Å². The predicted octanol–water partition coefficient (Wildman–Crippen LogP) is 7.46. The van der Waals surface area contributed by atoms with Gasteiger partial charge in [0.2, 0.25) is 0 Å². The summed E-state index contributed by atoms with van der Waals surface area (Å²) in [6.45, 7) is 8.66. The van der Waals surface area contributed by atoms with E-state index in [1.54, 1.807) is 0 Å². The first-order valence-corrected chi connectivity index (χ1v) is 9.76. The topological polar surface area (TPSA) is 0 Å². The molecule has 24 heavy (non-hydrogen) atoms. The highest BCUT2D eigenvalue weighted by molar-refractivity contribution is 5.21. The molecule has 0 saturated heterocycles. The first-order chi connectivity index (χ1) is 11.7.